The van der Waals surface area contributed by atoms with Gasteiger partial charge in [-0.25, -0.2) is 11.6 Å². The molecule has 8 nitrogen and oxygen atoms in total. The molecule has 220 valence electrons. The van der Waals surface area contributed by atoms with E-state index >= 15 is 0 Å². The van der Waals surface area contributed by atoms with Crippen LogP contribution in [0.15, 0.2) is 41.2 Å². The highest BCUT2D eigenvalue weighted by atomic mass is 32.2. The minimum Gasteiger partial charge on any atom is -0.393 e. The quantitative estimate of drug-likeness (QED) is 0.314. The van der Waals surface area contributed by atoms with E-state index in [1.165, 1.54) is 22.9 Å². The first-order valence-corrected chi connectivity index (χ1v) is 16.2. The lowest BCUT2D eigenvalue weighted by Gasteiger charge is -2.60. The fourth-order valence-corrected chi connectivity index (χ4v) is 10.5. The number of rotatable bonds is 6. The third-order valence-electron chi connectivity index (χ3n) is 11.6. The van der Waals surface area contributed by atoms with Crippen LogP contribution in [0, 0.1) is 35.2 Å². The molecule has 2 aromatic heterocycles. The van der Waals surface area contributed by atoms with Crippen molar-refractivity contribution in [1.29, 1.82) is 0 Å². The number of aryl methyl sites for hydroxylation is 1. The van der Waals surface area contributed by atoms with E-state index in [1.807, 2.05) is 46.8 Å². The Morgan fingerprint density at radius 1 is 1.26 bits per heavy atom. The van der Waals surface area contributed by atoms with Gasteiger partial charge in [-0.1, -0.05) is 43.3 Å². The smallest absolute Gasteiger partial charge is 0.234 e. The van der Waals surface area contributed by atoms with Crippen LogP contribution in [0.4, 0.5) is 0 Å². The third-order valence-corrected chi connectivity index (χ3v) is 12.6. The number of Topliss-reactive ketones (excluding diaryl/α,β-unsaturated/α-hetero) is 1. The van der Waals surface area contributed by atoms with Crippen molar-refractivity contribution < 1.29 is 15.0 Å². The summed E-state index contributed by atoms with van der Waals surface area (Å²) >= 11 is 1.39. The number of aliphatic hydroxyl groups is 2. The first kappa shape index (κ1) is 27.9. The molecule has 42 heavy (non-hydrogen) atoms. The van der Waals surface area contributed by atoms with Crippen LogP contribution in [0.5, 0.6) is 0 Å². The number of nitrogens with zero attached hydrogens (tertiary/aromatic N) is 5. The largest absolute Gasteiger partial charge is 0.393 e. The number of ketones is 1. The van der Waals surface area contributed by atoms with E-state index in [2.05, 4.69) is 29.9 Å². The number of aliphatic hydroxyl groups excluding tert-OH is 1. The number of fused-ring (bicyclic) bond motifs is 7. The summed E-state index contributed by atoms with van der Waals surface area (Å²) in [4.78, 5) is 22.1. The topological polar surface area (TPSA) is 97.5 Å². The molecule has 0 bridgehead atoms. The fraction of sp³-hybridized carbons (Fsp3) is 0.576. The van der Waals surface area contributed by atoms with Crippen LogP contribution in [0.3, 0.4) is 0 Å². The maximum atomic E-state index is 13.9. The lowest BCUT2D eigenvalue weighted by atomic mass is 9.45. The molecule has 0 aliphatic heterocycles. The summed E-state index contributed by atoms with van der Waals surface area (Å²) in [5, 5.41) is 29.4. The van der Waals surface area contributed by atoms with E-state index in [1.54, 1.807) is 0 Å². The molecule has 0 saturated heterocycles. The van der Waals surface area contributed by atoms with E-state index in [0.717, 1.165) is 47.6 Å². The van der Waals surface area contributed by atoms with Gasteiger partial charge in [-0.15, -0.1) is 0 Å². The molecule has 9 heteroatoms. The van der Waals surface area contributed by atoms with Crippen LogP contribution in [0.2, 0.25) is 0 Å². The Bertz CT molecular complexity index is 1650. The molecule has 1 aromatic carbocycles. The van der Waals surface area contributed by atoms with E-state index in [9.17, 15) is 15.0 Å². The number of para-hydroxylation sites is 2. The Labute approximate surface area is 251 Å². The second-order valence-corrected chi connectivity index (χ2v) is 14.4. The first-order valence-electron chi connectivity index (χ1n) is 15.2. The minimum absolute atomic E-state index is 0.0714. The van der Waals surface area contributed by atoms with Gasteiger partial charge < -0.3 is 19.6 Å². The summed E-state index contributed by atoms with van der Waals surface area (Å²) in [5.74, 6) is 0.509. The molecular weight excluding hydrogens is 546 g/mol. The van der Waals surface area contributed by atoms with Crippen LogP contribution in [-0.4, -0.2) is 59.3 Å². The Balaban J connectivity index is 1.13. The molecule has 3 fully saturated rings. The molecule has 7 rings (SSSR count). The summed E-state index contributed by atoms with van der Waals surface area (Å²) in [6.45, 7) is 12.5. The minimum atomic E-state index is -1.46. The van der Waals surface area contributed by atoms with Crippen molar-refractivity contribution in [2.75, 3.05) is 12.3 Å². The van der Waals surface area contributed by atoms with Crippen molar-refractivity contribution in [2.24, 2.45) is 35.6 Å². The Kier molecular flexibility index (Phi) is 6.50. The van der Waals surface area contributed by atoms with Gasteiger partial charge in [-0.2, -0.15) is 5.10 Å². The lowest BCUT2D eigenvalue weighted by Crippen LogP contribution is -2.62. The number of carbonyl (C=O) groups excluding carboxylic acids is 1. The van der Waals surface area contributed by atoms with Gasteiger partial charge in [0.2, 0.25) is 6.54 Å². The average Bonchev–Trinajstić information content (AvgIpc) is 3.60. The fourth-order valence-electron chi connectivity index (χ4n) is 9.53. The summed E-state index contributed by atoms with van der Waals surface area (Å²) in [6.07, 6.45) is 8.02. The molecule has 2 heterocycles. The van der Waals surface area contributed by atoms with Crippen LogP contribution < -0.4 is 0 Å². The monoisotopic (exact) mass is 585 g/mol. The summed E-state index contributed by atoms with van der Waals surface area (Å²) in [5.41, 5.74) is 3.26. The number of allylic oxidation sites excluding steroid dienone is 1. The van der Waals surface area contributed by atoms with Gasteiger partial charge in [-0.3, -0.25) is 9.48 Å². The highest BCUT2D eigenvalue weighted by Gasteiger charge is 2.68. The van der Waals surface area contributed by atoms with E-state index in [-0.39, 0.29) is 34.7 Å². The van der Waals surface area contributed by atoms with Crippen molar-refractivity contribution >= 4 is 34.7 Å². The summed E-state index contributed by atoms with van der Waals surface area (Å²) in [6, 6.07) is 7.93. The molecule has 2 N–H and O–H groups in total. The lowest BCUT2D eigenvalue weighted by molar-refractivity contribution is -0.177. The van der Waals surface area contributed by atoms with Crippen LogP contribution >= 0.6 is 11.8 Å². The van der Waals surface area contributed by atoms with E-state index < -0.39 is 17.1 Å². The molecule has 3 saturated carbocycles. The van der Waals surface area contributed by atoms with Gasteiger partial charge in [0, 0.05) is 12.5 Å². The van der Waals surface area contributed by atoms with Gasteiger partial charge in [-0.05, 0) is 85.5 Å². The molecule has 4 aliphatic rings. The average molecular weight is 586 g/mol. The number of benzene rings is 1. The van der Waals surface area contributed by atoms with Gasteiger partial charge >= 0.3 is 0 Å². The molecule has 0 radical (unpaired) electrons. The zero-order chi connectivity index (χ0) is 29.4. The summed E-state index contributed by atoms with van der Waals surface area (Å²) < 4.78 is 3.96. The van der Waals surface area contributed by atoms with E-state index in [4.69, 9.17) is 11.6 Å². The normalized spacial score (nSPS) is 35.1. The number of thioether (sulfide) groups is 1. The molecule has 0 spiro atoms. The van der Waals surface area contributed by atoms with Crippen molar-refractivity contribution in [3.63, 3.8) is 0 Å². The number of hydrogen-bond donors (Lipinski definition) is 2. The van der Waals surface area contributed by atoms with Gasteiger partial charge in [0.15, 0.2) is 10.9 Å². The number of hydrogen-bond acceptors (Lipinski definition) is 6. The van der Waals surface area contributed by atoms with Crippen molar-refractivity contribution in [3.8, 4) is 0 Å². The molecule has 7 atom stereocenters. The predicted molar refractivity (Wildman–Crippen MR) is 163 cm³/mol. The predicted octanol–water partition coefficient (Wildman–Crippen LogP) is 4.93. The van der Waals surface area contributed by atoms with Crippen LogP contribution in [0.25, 0.3) is 22.0 Å². The maximum absolute atomic E-state index is 13.9. The SMILES string of the molecule is [C-]#[N+]CCn1ncc2c1C=C1CCC3C([C@@H](O)CC4(C)C3CC[C@]4(O)C(=O)CSc3nc4ccccc4n3C)C1(C)C2. The highest BCUT2D eigenvalue weighted by Crippen LogP contribution is 2.67. The standard InChI is InChI=1S/C33H39N5O3S/c1-31-16-20-18-35-38(14-13-34-3)26(20)15-21(31)9-10-22-23-11-12-33(41,32(23,2)17-27(39)29(22)31)28(40)19-42-30-36-24-7-5-6-8-25(24)37(30)4/h5-8,15,18,22-23,27,29,39,41H,9-14,16-17,19H2,1-2,4H3/t22?,23?,27-,29?,31?,32?,33-/m0/s1. The Morgan fingerprint density at radius 2 is 2.07 bits per heavy atom. The second kappa shape index (κ2) is 9.80. The first-order chi connectivity index (χ1) is 20.1. The van der Waals surface area contributed by atoms with Crippen LogP contribution in [-0.2, 0) is 24.8 Å². The Morgan fingerprint density at radius 3 is 2.86 bits per heavy atom. The van der Waals surface area contributed by atoms with Gasteiger partial charge in [0.25, 0.3) is 0 Å². The van der Waals surface area contributed by atoms with E-state index in [0.29, 0.717) is 25.9 Å². The van der Waals surface area contributed by atoms with Crippen molar-refractivity contribution in [2.45, 2.75) is 75.8 Å². The number of imidazole rings is 1. The zero-order valence-corrected chi connectivity index (χ0v) is 25.4. The molecule has 0 amide bonds. The maximum Gasteiger partial charge on any atom is 0.234 e. The summed E-state index contributed by atoms with van der Waals surface area (Å²) in [7, 11) is 1.96. The Hall–Kier alpha value is -2.93. The molecule has 4 aliphatic carbocycles. The second-order valence-electron chi connectivity index (χ2n) is 13.5. The number of carbonyl (C=O) groups is 1. The van der Waals surface area contributed by atoms with Gasteiger partial charge in [0.05, 0.1) is 34.8 Å². The van der Waals surface area contributed by atoms with Crippen LogP contribution in [0.1, 0.15) is 57.2 Å². The zero-order valence-electron chi connectivity index (χ0n) is 24.6. The van der Waals surface area contributed by atoms with Gasteiger partial charge in [0.1, 0.15) is 12.1 Å². The molecular formula is C33H39N5O3S. The number of aromatic nitrogens is 4. The highest BCUT2D eigenvalue weighted by molar-refractivity contribution is 7.99. The third kappa shape index (κ3) is 3.84. The van der Waals surface area contributed by atoms with Crippen molar-refractivity contribution in [3.05, 3.63) is 58.7 Å². The molecule has 3 aromatic rings. The molecule has 5 unspecified atom stereocenters. The van der Waals surface area contributed by atoms with Crippen molar-refractivity contribution in [1.82, 2.24) is 19.3 Å².